The molecule has 0 bridgehead atoms. The quantitative estimate of drug-likeness (QED) is 0.0355. The first kappa shape index (κ1) is 89.1. The van der Waals surface area contributed by atoms with Gasteiger partial charge >= 0.3 is 0 Å². The normalized spacial score (nSPS) is 11.8. The minimum Gasteiger partial charge on any atom is -0.494 e. The molecule has 18 aromatic carbocycles. The molecule has 0 fully saturated rings. The Balaban J connectivity index is 0.573. The van der Waals surface area contributed by atoms with E-state index >= 15 is 0 Å². The van der Waals surface area contributed by atoms with Gasteiger partial charge in [-0.05, 0) is 333 Å². The van der Waals surface area contributed by atoms with Crippen LogP contribution in [0.5, 0.6) is 11.5 Å². The molecule has 0 aromatic heterocycles. The van der Waals surface area contributed by atoms with E-state index in [0.717, 1.165) is 176 Å². The van der Waals surface area contributed by atoms with Crippen LogP contribution in [0.2, 0.25) is 0 Å². The maximum Gasteiger partial charge on any atom is 0.119 e. The van der Waals surface area contributed by atoms with Crippen LogP contribution in [0.3, 0.4) is 0 Å². The Labute approximate surface area is 801 Å². The Morgan fingerprint density at radius 1 is 0.199 bits per heavy atom. The molecule has 0 heterocycles. The third kappa shape index (κ3) is 22.0. The zero-order valence-electron chi connectivity index (χ0n) is 76.8. The van der Waals surface area contributed by atoms with Crippen molar-refractivity contribution in [3.63, 3.8) is 0 Å². The summed E-state index contributed by atoms with van der Waals surface area (Å²) in [5, 5.41) is 0. The summed E-state index contributed by atoms with van der Waals surface area (Å²) in [6, 6.07) is 166. The molecular weight excluding hydrogens is 1660 g/mol. The number of allylic oxidation sites excluding steroid dienone is 2. The molecule has 0 radical (unpaired) electrons. The molecule has 0 aliphatic heterocycles. The second-order valence-electron chi connectivity index (χ2n) is 34.5. The lowest BCUT2D eigenvalue weighted by Gasteiger charge is -2.28. The van der Waals surface area contributed by atoms with Gasteiger partial charge in [-0.15, -0.1) is 0 Å². The number of rotatable bonds is 38. The van der Waals surface area contributed by atoms with Gasteiger partial charge in [0.1, 0.15) is 11.5 Å². The molecule has 1 aliphatic rings. The van der Waals surface area contributed by atoms with Crippen LogP contribution >= 0.6 is 0 Å². The molecule has 8 nitrogen and oxygen atoms in total. The number of anilines is 12. The molecule has 8 heteroatoms. The van der Waals surface area contributed by atoms with E-state index in [1.54, 1.807) is 0 Å². The first-order valence-electron chi connectivity index (χ1n) is 47.5. The van der Waals surface area contributed by atoms with Crippen molar-refractivity contribution in [2.45, 2.75) is 64.6 Å². The Hall–Kier alpha value is -16.1. The number of ether oxygens (including phenoxy) is 4. The summed E-state index contributed by atoms with van der Waals surface area (Å²) >= 11 is 0. The monoisotopic (exact) mass is 1770 g/mol. The largest absolute Gasteiger partial charge is 0.494 e. The highest BCUT2D eigenvalue weighted by molar-refractivity contribution is 5.95. The first-order valence-corrected chi connectivity index (χ1v) is 47.5. The molecule has 0 atom stereocenters. The van der Waals surface area contributed by atoms with E-state index in [9.17, 15) is 0 Å². The summed E-state index contributed by atoms with van der Waals surface area (Å²) in [4.78, 5) is 9.41. The van der Waals surface area contributed by atoms with Crippen LogP contribution in [0.25, 0.3) is 90.1 Å². The minimum absolute atomic E-state index is 0.519. The van der Waals surface area contributed by atoms with E-state index in [1.165, 1.54) is 66.8 Å². The number of nitrogens with zero attached hydrogens (tertiary/aromatic N) is 4. The standard InChI is InChI=1S/C128H110N4O4/c1-3-95-43-83-125(84-44-95)135-89-21-19-87-133-93-97-39-71-117(72-40-97)131(121-79-67-109(68-80-121)105-59-51-101(52-60-105)99-47-55-103(56-48-99)107-63-75-119(76-64-107)129(113-27-9-5-10-28-113)114-29-11-6-12-30-114)123-35-23-25-111(91-123)127-37-17-18-38-128(127)112-26-24-36-124(92-112)132(118-73-41-98(42-74-118)94-134-88-20-22-90-136-126-85-45-96(4-2)46-86-126)122-81-69-110(70-82-122)106-61-53-102(54-62-106)100-49-57-104(58-50-100)108-65-77-120(78-66-108)130(115-31-13-7-14-32-115)116-33-15-8-16-34-116/h3-16,23-36,39-86,91-92H,1-2,17-22,37-38,87-90,93-94H2. The molecule has 666 valence electrons. The molecule has 0 N–H and O–H groups in total. The fourth-order valence-electron chi connectivity index (χ4n) is 18.2. The molecule has 136 heavy (non-hydrogen) atoms. The highest BCUT2D eigenvalue weighted by Crippen LogP contribution is 2.47. The van der Waals surface area contributed by atoms with Crippen molar-refractivity contribution in [3.8, 4) is 78.3 Å². The molecule has 18 aromatic rings. The molecule has 1 aliphatic carbocycles. The number of hydrogen-bond donors (Lipinski definition) is 0. The third-order valence-electron chi connectivity index (χ3n) is 25.5. The van der Waals surface area contributed by atoms with Gasteiger partial charge in [0.2, 0.25) is 0 Å². The second-order valence-corrected chi connectivity index (χ2v) is 34.5. The van der Waals surface area contributed by atoms with E-state index in [-0.39, 0.29) is 0 Å². The molecule has 0 unspecified atom stereocenters. The average molecular weight is 1770 g/mol. The van der Waals surface area contributed by atoms with Crippen LogP contribution in [0.15, 0.2) is 474 Å². The van der Waals surface area contributed by atoms with Gasteiger partial charge in [0.25, 0.3) is 0 Å². The van der Waals surface area contributed by atoms with E-state index in [0.29, 0.717) is 39.6 Å². The van der Waals surface area contributed by atoms with Gasteiger partial charge in [0.15, 0.2) is 0 Å². The summed E-state index contributed by atoms with van der Waals surface area (Å²) in [7, 11) is 0. The number of benzene rings is 18. The second kappa shape index (κ2) is 44.0. The summed E-state index contributed by atoms with van der Waals surface area (Å²) in [6.07, 6.45) is 11.4. The lowest BCUT2D eigenvalue weighted by molar-refractivity contribution is 0.113. The number of para-hydroxylation sites is 4. The zero-order chi connectivity index (χ0) is 91.8. The third-order valence-corrected chi connectivity index (χ3v) is 25.5. The van der Waals surface area contributed by atoms with Gasteiger partial charge in [0.05, 0.1) is 26.4 Å². The van der Waals surface area contributed by atoms with Crippen molar-refractivity contribution < 1.29 is 18.9 Å². The van der Waals surface area contributed by atoms with E-state index in [4.69, 9.17) is 18.9 Å². The summed E-state index contributed by atoms with van der Waals surface area (Å²) in [5.41, 5.74) is 36.7. The Bertz CT molecular complexity index is 6440. The van der Waals surface area contributed by atoms with Gasteiger partial charge in [0, 0.05) is 81.5 Å². The Morgan fingerprint density at radius 3 is 0.662 bits per heavy atom. The molecule has 0 spiro atoms. The lowest BCUT2D eigenvalue weighted by Crippen LogP contribution is -2.11. The molecule has 0 saturated carbocycles. The number of unbranched alkanes of at least 4 members (excludes halogenated alkanes) is 2. The van der Waals surface area contributed by atoms with Crippen LogP contribution in [0.1, 0.15) is 84.7 Å². The van der Waals surface area contributed by atoms with Crippen LogP contribution in [-0.4, -0.2) is 26.4 Å². The van der Waals surface area contributed by atoms with Gasteiger partial charge in [-0.3, -0.25) is 0 Å². The first-order chi connectivity index (χ1) is 67.3. The molecular formula is C128H110N4O4. The topological polar surface area (TPSA) is 49.9 Å². The van der Waals surface area contributed by atoms with Crippen LogP contribution in [0.4, 0.5) is 68.2 Å². The van der Waals surface area contributed by atoms with Crippen LogP contribution in [0, 0.1) is 0 Å². The smallest absolute Gasteiger partial charge is 0.119 e. The summed E-state index contributed by atoms with van der Waals surface area (Å²) in [5.74, 6) is 1.74. The van der Waals surface area contributed by atoms with Gasteiger partial charge in [-0.2, -0.15) is 0 Å². The van der Waals surface area contributed by atoms with E-state index < -0.39 is 0 Å². The van der Waals surface area contributed by atoms with E-state index in [1.807, 2.05) is 60.7 Å². The van der Waals surface area contributed by atoms with Crippen LogP contribution < -0.4 is 29.1 Å². The van der Waals surface area contributed by atoms with Crippen molar-refractivity contribution in [1.29, 1.82) is 0 Å². The predicted molar refractivity (Wildman–Crippen MR) is 571 cm³/mol. The van der Waals surface area contributed by atoms with Crippen molar-refractivity contribution in [2.24, 2.45) is 0 Å². The fourth-order valence-corrected chi connectivity index (χ4v) is 18.2. The SMILES string of the molecule is C=Cc1ccc(OCCCCOCc2ccc(N(c3ccc(-c4ccc(-c5ccc(-c6ccc(N(c7ccccc7)c7ccccc7)cc6)cc5)cc4)cc3)c3cccc(C4=C(c5cccc(N(c6ccc(COCCCCOc7ccc(C=C)cc7)cc6)c6ccc(-c7ccc(-c8ccc(-c9ccc(N(c%10ccccc%10)c%10ccccc%10)cc9)cc8)cc7)cc6)c5)CCCC4)c3)cc2)cc1. The number of hydrogen-bond acceptors (Lipinski definition) is 8. The molecule has 19 rings (SSSR count). The Morgan fingerprint density at radius 2 is 0.412 bits per heavy atom. The average Bonchev–Trinajstić information content (AvgIpc) is 0.775. The summed E-state index contributed by atoms with van der Waals surface area (Å²) in [6.45, 7) is 11.4. The minimum atomic E-state index is 0.519. The predicted octanol–water partition coefficient (Wildman–Crippen LogP) is 35.1. The maximum atomic E-state index is 6.31. The highest BCUT2D eigenvalue weighted by Gasteiger charge is 2.24. The fraction of sp³-hybridized carbons (Fsp3) is 0.109. The van der Waals surface area contributed by atoms with Crippen molar-refractivity contribution in [2.75, 3.05) is 46.0 Å². The van der Waals surface area contributed by atoms with Gasteiger partial charge in [-0.25, -0.2) is 0 Å². The van der Waals surface area contributed by atoms with Gasteiger partial charge < -0.3 is 38.5 Å². The molecule has 0 saturated heterocycles. The maximum absolute atomic E-state index is 6.31. The zero-order valence-corrected chi connectivity index (χ0v) is 76.8. The highest BCUT2D eigenvalue weighted by atomic mass is 16.5. The Kier molecular flexibility index (Phi) is 28.8. The van der Waals surface area contributed by atoms with Crippen molar-refractivity contribution in [1.82, 2.24) is 0 Å². The van der Waals surface area contributed by atoms with Crippen molar-refractivity contribution in [3.05, 3.63) is 508 Å². The molecule has 0 amide bonds. The van der Waals surface area contributed by atoms with Gasteiger partial charge in [-0.1, -0.05) is 316 Å². The van der Waals surface area contributed by atoms with Crippen LogP contribution in [-0.2, 0) is 22.7 Å². The lowest BCUT2D eigenvalue weighted by atomic mass is 9.83. The van der Waals surface area contributed by atoms with Crippen molar-refractivity contribution >= 4 is 91.5 Å². The van der Waals surface area contributed by atoms with E-state index in [2.05, 4.69) is 445 Å². The summed E-state index contributed by atoms with van der Waals surface area (Å²) < 4.78 is 24.7.